The third-order valence-corrected chi connectivity index (χ3v) is 3.71. The lowest BCUT2D eigenvalue weighted by molar-refractivity contribution is 0.280. The van der Waals surface area contributed by atoms with Crippen LogP contribution in [0.15, 0.2) is 4.52 Å². The average Bonchev–Trinajstić information content (AvgIpc) is 2.75. The van der Waals surface area contributed by atoms with Crippen LogP contribution in [0.5, 0.6) is 0 Å². The Morgan fingerprint density at radius 1 is 1.41 bits per heavy atom. The van der Waals surface area contributed by atoms with Crippen molar-refractivity contribution in [3.05, 3.63) is 11.7 Å². The highest BCUT2D eigenvalue weighted by atomic mass is 16.5. The second-order valence-corrected chi connectivity index (χ2v) is 5.07. The summed E-state index contributed by atoms with van der Waals surface area (Å²) >= 11 is 0. The quantitative estimate of drug-likeness (QED) is 0.854. The Kier molecular flexibility index (Phi) is 4.54. The lowest BCUT2D eigenvalue weighted by Gasteiger charge is -2.29. The van der Waals surface area contributed by atoms with Crippen LogP contribution in [0.4, 0.5) is 0 Å². The summed E-state index contributed by atoms with van der Waals surface area (Å²) < 4.78 is 4.95. The van der Waals surface area contributed by atoms with Crippen LogP contribution in [0.25, 0.3) is 0 Å². The van der Waals surface area contributed by atoms with Crippen molar-refractivity contribution < 1.29 is 4.52 Å². The molecular formula is C13H23N3O. The van der Waals surface area contributed by atoms with Gasteiger partial charge in [-0.15, -0.1) is 0 Å². The molecule has 0 saturated heterocycles. The normalized spacial score (nSPS) is 25.1. The van der Waals surface area contributed by atoms with Gasteiger partial charge in [0.25, 0.3) is 0 Å². The van der Waals surface area contributed by atoms with Crippen LogP contribution >= 0.6 is 0 Å². The van der Waals surface area contributed by atoms with Gasteiger partial charge in [-0.2, -0.15) is 4.98 Å². The van der Waals surface area contributed by atoms with Crippen molar-refractivity contribution in [2.75, 3.05) is 6.54 Å². The molecule has 1 aliphatic rings. The molecule has 0 aliphatic heterocycles. The van der Waals surface area contributed by atoms with Crippen molar-refractivity contribution >= 4 is 0 Å². The van der Waals surface area contributed by atoms with Gasteiger partial charge in [0.2, 0.25) is 5.89 Å². The first kappa shape index (κ1) is 12.6. The van der Waals surface area contributed by atoms with Gasteiger partial charge in [0.15, 0.2) is 5.82 Å². The minimum absolute atomic E-state index is 0.656. The lowest BCUT2D eigenvalue weighted by Crippen LogP contribution is -2.35. The van der Waals surface area contributed by atoms with Gasteiger partial charge in [-0.3, -0.25) is 0 Å². The van der Waals surface area contributed by atoms with E-state index < -0.39 is 0 Å². The first-order valence-corrected chi connectivity index (χ1v) is 6.80. The number of aryl methyl sites for hydroxylation is 1. The molecule has 0 radical (unpaired) electrons. The maximum absolute atomic E-state index is 4.95. The Labute approximate surface area is 103 Å². The van der Waals surface area contributed by atoms with Crippen LogP contribution in [0, 0.1) is 12.8 Å². The van der Waals surface area contributed by atoms with Crippen molar-refractivity contribution in [3.63, 3.8) is 0 Å². The molecule has 1 saturated carbocycles. The number of nitrogens with one attached hydrogen (secondary N) is 1. The molecule has 1 aromatic rings. The molecule has 0 amide bonds. The van der Waals surface area contributed by atoms with E-state index in [0.717, 1.165) is 24.7 Å². The number of rotatable bonds is 5. The van der Waals surface area contributed by atoms with E-state index >= 15 is 0 Å². The van der Waals surface area contributed by atoms with Gasteiger partial charge < -0.3 is 9.84 Å². The standard InChI is InChI=1S/C13H23N3O/c1-3-11-5-4-6-12(9-11)14-8-7-13-15-10(2)17-16-13/h11-12,14H,3-9H2,1-2H3. The van der Waals surface area contributed by atoms with Gasteiger partial charge in [-0.25, -0.2) is 0 Å². The van der Waals surface area contributed by atoms with Gasteiger partial charge in [0.1, 0.15) is 0 Å². The molecule has 1 fully saturated rings. The van der Waals surface area contributed by atoms with Crippen molar-refractivity contribution in [1.82, 2.24) is 15.5 Å². The van der Waals surface area contributed by atoms with Crippen molar-refractivity contribution in [1.29, 1.82) is 0 Å². The number of aromatic nitrogens is 2. The van der Waals surface area contributed by atoms with Gasteiger partial charge in [0.05, 0.1) is 0 Å². The van der Waals surface area contributed by atoms with Crippen LogP contribution < -0.4 is 5.32 Å². The topological polar surface area (TPSA) is 51.0 Å². The predicted molar refractivity (Wildman–Crippen MR) is 66.8 cm³/mol. The number of hydrogen-bond donors (Lipinski definition) is 1. The van der Waals surface area contributed by atoms with Crippen molar-refractivity contribution in [2.45, 2.75) is 58.4 Å². The summed E-state index contributed by atoms with van der Waals surface area (Å²) in [7, 11) is 0. The molecule has 2 unspecified atom stereocenters. The van der Waals surface area contributed by atoms with E-state index in [-0.39, 0.29) is 0 Å². The van der Waals surface area contributed by atoms with Crippen LogP contribution in [0.2, 0.25) is 0 Å². The summed E-state index contributed by atoms with van der Waals surface area (Å²) in [5.74, 6) is 2.40. The molecule has 1 heterocycles. The fraction of sp³-hybridized carbons (Fsp3) is 0.846. The number of nitrogens with zero attached hydrogens (tertiary/aromatic N) is 2. The van der Waals surface area contributed by atoms with E-state index in [4.69, 9.17) is 4.52 Å². The molecule has 2 rings (SSSR count). The van der Waals surface area contributed by atoms with Gasteiger partial charge in [0, 0.05) is 25.9 Å². The summed E-state index contributed by atoms with van der Waals surface area (Å²) in [5.41, 5.74) is 0. The molecule has 0 aromatic carbocycles. The third kappa shape index (κ3) is 3.80. The molecule has 1 aliphatic carbocycles. The van der Waals surface area contributed by atoms with E-state index in [0.29, 0.717) is 11.9 Å². The minimum Gasteiger partial charge on any atom is -0.340 e. The fourth-order valence-corrected chi connectivity index (χ4v) is 2.68. The monoisotopic (exact) mass is 237 g/mol. The van der Waals surface area contributed by atoms with Crippen molar-refractivity contribution in [3.8, 4) is 0 Å². The molecule has 96 valence electrons. The Morgan fingerprint density at radius 2 is 2.29 bits per heavy atom. The van der Waals surface area contributed by atoms with Crippen molar-refractivity contribution in [2.24, 2.45) is 5.92 Å². The Balaban J connectivity index is 1.68. The summed E-state index contributed by atoms with van der Waals surface area (Å²) in [6.45, 7) is 5.09. The zero-order valence-corrected chi connectivity index (χ0v) is 10.9. The van der Waals surface area contributed by atoms with Gasteiger partial charge in [-0.05, 0) is 18.8 Å². The Hall–Kier alpha value is -0.900. The first-order chi connectivity index (χ1) is 8.28. The van der Waals surface area contributed by atoms with Crippen LogP contribution in [0.1, 0.15) is 50.7 Å². The molecule has 1 aromatic heterocycles. The molecule has 0 bridgehead atoms. The molecular weight excluding hydrogens is 214 g/mol. The predicted octanol–water partition coefficient (Wildman–Crippen LogP) is 2.48. The molecule has 2 atom stereocenters. The molecule has 17 heavy (non-hydrogen) atoms. The van der Waals surface area contributed by atoms with Gasteiger partial charge in [-0.1, -0.05) is 31.3 Å². The summed E-state index contributed by atoms with van der Waals surface area (Å²) in [4.78, 5) is 4.21. The van der Waals surface area contributed by atoms with E-state index in [1.54, 1.807) is 0 Å². The molecule has 1 N–H and O–H groups in total. The van der Waals surface area contributed by atoms with Crippen LogP contribution in [-0.2, 0) is 6.42 Å². The highest BCUT2D eigenvalue weighted by molar-refractivity contribution is 4.85. The SMILES string of the molecule is CCC1CCCC(NCCc2noc(C)n2)C1. The fourth-order valence-electron chi connectivity index (χ4n) is 2.68. The number of hydrogen-bond acceptors (Lipinski definition) is 4. The summed E-state index contributed by atoms with van der Waals surface area (Å²) in [6, 6.07) is 0.696. The second-order valence-electron chi connectivity index (χ2n) is 5.07. The van der Waals surface area contributed by atoms with E-state index in [9.17, 15) is 0 Å². The van der Waals surface area contributed by atoms with E-state index in [2.05, 4.69) is 22.4 Å². The second kappa shape index (κ2) is 6.15. The smallest absolute Gasteiger partial charge is 0.223 e. The highest BCUT2D eigenvalue weighted by Crippen LogP contribution is 2.26. The molecule has 4 nitrogen and oxygen atoms in total. The average molecular weight is 237 g/mol. The molecule has 0 spiro atoms. The Morgan fingerprint density at radius 3 is 3.00 bits per heavy atom. The van der Waals surface area contributed by atoms with Gasteiger partial charge >= 0.3 is 0 Å². The Bertz CT molecular complexity index is 337. The van der Waals surface area contributed by atoms with Crippen LogP contribution in [0.3, 0.4) is 0 Å². The minimum atomic E-state index is 0.656. The lowest BCUT2D eigenvalue weighted by atomic mass is 9.84. The third-order valence-electron chi connectivity index (χ3n) is 3.71. The highest BCUT2D eigenvalue weighted by Gasteiger charge is 2.19. The molecule has 4 heteroatoms. The summed E-state index contributed by atoms with van der Waals surface area (Å²) in [6.07, 6.45) is 7.63. The largest absolute Gasteiger partial charge is 0.340 e. The maximum Gasteiger partial charge on any atom is 0.223 e. The van der Waals surface area contributed by atoms with Crippen LogP contribution in [-0.4, -0.2) is 22.7 Å². The zero-order valence-electron chi connectivity index (χ0n) is 10.9. The van der Waals surface area contributed by atoms with E-state index in [1.165, 1.54) is 32.1 Å². The summed E-state index contributed by atoms with van der Waals surface area (Å²) in [5, 5.41) is 7.53. The zero-order chi connectivity index (χ0) is 12.1. The van der Waals surface area contributed by atoms with E-state index in [1.807, 2.05) is 6.92 Å². The first-order valence-electron chi connectivity index (χ1n) is 6.80. The maximum atomic E-state index is 4.95.